The average Bonchev–Trinajstić information content (AvgIpc) is 2.08. The lowest BCUT2D eigenvalue weighted by atomic mass is 10.2. The molecule has 0 saturated heterocycles. The zero-order valence-electron chi connectivity index (χ0n) is 7.07. The molecule has 3 heteroatoms. The lowest BCUT2D eigenvalue weighted by Gasteiger charge is -1.97. The van der Waals surface area contributed by atoms with E-state index in [0.29, 0.717) is 0 Å². The summed E-state index contributed by atoms with van der Waals surface area (Å²) >= 11 is 5.26. The molecule has 0 bridgehead atoms. The number of halogens is 3. The molecule has 0 atom stereocenters. The Labute approximate surface area is 76.2 Å². The number of benzene rings is 1. The fraction of sp³-hybridized carbons (Fsp3) is 0.333. The van der Waals surface area contributed by atoms with Crippen LogP contribution < -0.4 is 0 Å². The van der Waals surface area contributed by atoms with Gasteiger partial charge in [0.15, 0.2) is 0 Å². The van der Waals surface area contributed by atoms with Crippen LogP contribution in [0.1, 0.15) is 19.4 Å². The molecule has 0 nitrogen and oxygen atoms in total. The van der Waals surface area contributed by atoms with Crippen molar-refractivity contribution in [2.75, 3.05) is 0 Å². The highest BCUT2D eigenvalue weighted by molar-refractivity contribution is 6.17. The lowest BCUT2D eigenvalue weighted by Crippen LogP contribution is -1.90. The minimum atomic E-state index is -0.588. The van der Waals surface area contributed by atoms with Gasteiger partial charge in [-0.2, -0.15) is 0 Å². The second kappa shape index (κ2) is 5.95. The Morgan fingerprint density at radius 1 is 1.17 bits per heavy atom. The molecule has 1 aromatic carbocycles. The zero-order valence-corrected chi connectivity index (χ0v) is 7.83. The highest BCUT2D eigenvalue weighted by Crippen LogP contribution is 2.13. The van der Waals surface area contributed by atoms with E-state index in [1.54, 1.807) is 0 Å². The number of hydrogen-bond acceptors (Lipinski definition) is 0. The van der Waals surface area contributed by atoms with Gasteiger partial charge in [-0.25, -0.2) is 8.78 Å². The molecule has 1 rings (SSSR count). The van der Waals surface area contributed by atoms with Gasteiger partial charge in [0.05, 0.1) is 5.88 Å². The largest absolute Gasteiger partial charge is 0.207 e. The summed E-state index contributed by atoms with van der Waals surface area (Å²) < 4.78 is 25.1. The van der Waals surface area contributed by atoms with E-state index < -0.39 is 11.6 Å². The van der Waals surface area contributed by atoms with Crippen molar-refractivity contribution in [3.05, 3.63) is 35.4 Å². The first-order valence-electron chi connectivity index (χ1n) is 3.74. The summed E-state index contributed by atoms with van der Waals surface area (Å²) in [5.74, 6) is -1.30. The highest BCUT2D eigenvalue weighted by atomic mass is 35.5. The number of hydrogen-bond donors (Lipinski definition) is 0. The Hall–Kier alpha value is -0.630. The van der Waals surface area contributed by atoms with Crippen molar-refractivity contribution in [3.63, 3.8) is 0 Å². The molecule has 0 radical (unpaired) electrons. The highest BCUT2D eigenvalue weighted by Gasteiger charge is 2.04. The van der Waals surface area contributed by atoms with E-state index >= 15 is 0 Å². The van der Waals surface area contributed by atoms with Gasteiger partial charge in [0.2, 0.25) is 0 Å². The summed E-state index contributed by atoms with van der Waals surface area (Å²) in [5.41, 5.74) is -0.0656. The van der Waals surface area contributed by atoms with E-state index in [9.17, 15) is 8.78 Å². The van der Waals surface area contributed by atoms with Crippen molar-refractivity contribution >= 4 is 11.6 Å². The van der Waals surface area contributed by atoms with E-state index in [1.807, 2.05) is 13.8 Å². The lowest BCUT2D eigenvalue weighted by molar-refractivity contribution is 0.566. The van der Waals surface area contributed by atoms with Gasteiger partial charge in [-0.3, -0.25) is 0 Å². The predicted molar refractivity (Wildman–Crippen MR) is 47.3 cm³/mol. The van der Waals surface area contributed by atoms with Gasteiger partial charge in [-0.1, -0.05) is 19.9 Å². The van der Waals surface area contributed by atoms with Crippen LogP contribution in [0.3, 0.4) is 0 Å². The second-order valence-electron chi connectivity index (χ2n) is 1.83. The normalized spacial score (nSPS) is 8.75. The molecular formula is C9H11ClF2. The van der Waals surface area contributed by atoms with Crippen LogP contribution in [0, 0.1) is 11.6 Å². The van der Waals surface area contributed by atoms with Gasteiger partial charge in [-0.05, 0) is 12.1 Å². The Morgan fingerprint density at radius 2 is 1.58 bits per heavy atom. The molecular weight excluding hydrogens is 182 g/mol. The summed E-state index contributed by atoms with van der Waals surface area (Å²) in [7, 11) is 0. The minimum absolute atomic E-state index is 0.0656. The van der Waals surface area contributed by atoms with Gasteiger partial charge in [0.25, 0.3) is 0 Å². The van der Waals surface area contributed by atoms with Crippen molar-refractivity contribution in [2.24, 2.45) is 0 Å². The molecule has 12 heavy (non-hydrogen) atoms. The molecule has 0 N–H and O–H groups in total. The standard InChI is InChI=1S/C7H5ClF2.C2H6/c8-4-5-6(9)2-1-3-7(5)10;1-2/h1-3H,4H2;1-2H3. The fourth-order valence-corrected chi connectivity index (χ4v) is 0.915. The molecule has 0 aliphatic heterocycles. The molecule has 0 aliphatic rings. The summed E-state index contributed by atoms with van der Waals surface area (Å²) in [6.07, 6.45) is 0. The molecule has 0 aromatic heterocycles. The van der Waals surface area contributed by atoms with Gasteiger partial charge in [0, 0.05) is 5.56 Å². The van der Waals surface area contributed by atoms with Gasteiger partial charge in [0.1, 0.15) is 11.6 Å². The van der Waals surface area contributed by atoms with Crippen LogP contribution in [-0.4, -0.2) is 0 Å². The van der Waals surface area contributed by atoms with Crippen LogP contribution in [0.2, 0.25) is 0 Å². The molecule has 0 saturated carbocycles. The molecule has 0 fully saturated rings. The molecule has 68 valence electrons. The summed E-state index contributed by atoms with van der Waals surface area (Å²) in [6.45, 7) is 4.00. The van der Waals surface area contributed by atoms with Crippen LogP contribution in [-0.2, 0) is 5.88 Å². The van der Waals surface area contributed by atoms with E-state index in [-0.39, 0.29) is 11.4 Å². The molecule has 0 amide bonds. The first kappa shape index (κ1) is 11.4. The quantitative estimate of drug-likeness (QED) is 0.595. The summed E-state index contributed by atoms with van der Waals surface area (Å²) in [6, 6.07) is 3.67. The van der Waals surface area contributed by atoms with E-state index in [1.165, 1.54) is 18.2 Å². The van der Waals surface area contributed by atoms with E-state index in [4.69, 9.17) is 11.6 Å². The zero-order chi connectivity index (χ0) is 9.56. The van der Waals surface area contributed by atoms with Gasteiger partial charge in [-0.15, -0.1) is 11.6 Å². The Morgan fingerprint density at radius 3 is 1.83 bits per heavy atom. The molecule has 0 aliphatic carbocycles. The summed E-state index contributed by atoms with van der Waals surface area (Å²) in [4.78, 5) is 0. The fourth-order valence-electron chi connectivity index (χ4n) is 0.660. The van der Waals surface area contributed by atoms with Crippen LogP contribution in [0.15, 0.2) is 18.2 Å². The topological polar surface area (TPSA) is 0 Å². The van der Waals surface area contributed by atoms with Gasteiger partial charge >= 0.3 is 0 Å². The van der Waals surface area contributed by atoms with Crippen LogP contribution in [0.25, 0.3) is 0 Å². The molecule has 0 heterocycles. The average molecular weight is 193 g/mol. The summed E-state index contributed by atoms with van der Waals surface area (Å²) in [5, 5.41) is 0. The third kappa shape index (κ3) is 2.78. The monoisotopic (exact) mass is 192 g/mol. The van der Waals surface area contributed by atoms with Crippen LogP contribution in [0.4, 0.5) is 8.78 Å². The minimum Gasteiger partial charge on any atom is -0.207 e. The maximum absolute atomic E-state index is 12.5. The van der Waals surface area contributed by atoms with Crippen molar-refractivity contribution in [2.45, 2.75) is 19.7 Å². The number of rotatable bonds is 1. The smallest absolute Gasteiger partial charge is 0.130 e. The SMILES string of the molecule is CC.Fc1cccc(F)c1CCl. The third-order valence-corrected chi connectivity index (χ3v) is 1.46. The van der Waals surface area contributed by atoms with Gasteiger partial charge < -0.3 is 0 Å². The Kier molecular flexibility index (Phi) is 5.64. The molecule has 0 spiro atoms. The maximum atomic E-state index is 12.5. The third-order valence-electron chi connectivity index (χ3n) is 1.20. The Balaban J connectivity index is 0.000000561. The second-order valence-corrected chi connectivity index (χ2v) is 2.10. The van der Waals surface area contributed by atoms with E-state index in [2.05, 4.69) is 0 Å². The maximum Gasteiger partial charge on any atom is 0.130 e. The first-order valence-corrected chi connectivity index (χ1v) is 4.28. The predicted octanol–water partition coefficient (Wildman–Crippen LogP) is 3.73. The molecule has 0 unspecified atom stereocenters. The van der Waals surface area contributed by atoms with Crippen LogP contribution >= 0.6 is 11.6 Å². The number of alkyl halides is 1. The molecule has 1 aromatic rings. The first-order chi connectivity index (χ1) is 5.75. The van der Waals surface area contributed by atoms with E-state index in [0.717, 1.165) is 0 Å². The van der Waals surface area contributed by atoms with Crippen molar-refractivity contribution in [1.82, 2.24) is 0 Å². The van der Waals surface area contributed by atoms with Crippen molar-refractivity contribution < 1.29 is 8.78 Å². The van der Waals surface area contributed by atoms with Crippen molar-refractivity contribution in [1.29, 1.82) is 0 Å². The Bertz CT molecular complexity index is 216. The van der Waals surface area contributed by atoms with Crippen molar-refractivity contribution in [3.8, 4) is 0 Å². The van der Waals surface area contributed by atoms with Crippen LogP contribution in [0.5, 0.6) is 0 Å².